The third-order valence-electron chi connectivity index (χ3n) is 3.14. The molecule has 2 N–H and O–H groups in total. The number of nitrogens with zero attached hydrogens (tertiary/aromatic N) is 4. The number of ether oxygens (including phenoxy) is 1. The number of para-hydroxylation sites is 1. The number of hydrogen-bond acceptors (Lipinski definition) is 7. The first-order chi connectivity index (χ1) is 12.5. The third-order valence-corrected chi connectivity index (χ3v) is 4.49. The number of hydrazone groups is 1. The number of urea groups is 1. The van der Waals surface area contributed by atoms with Gasteiger partial charge in [-0.15, -0.1) is 10.2 Å². The first kappa shape index (κ1) is 19.4. The van der Waals surface area contributed by atoms with E-state index in [4.69, 9.17) is 4.74 Å². The van der Waals surface area contributed by atoms with Gasteiger partial charge in [0.1, 0.15) is 11.6 Å². The number of carbonyl (C=O) groups excluding carboxylic acids is 2. The van der Waals surface area contributed by atoms with Crippen molar-refractivity contribution >= 4 is 35.2 Å². The molecule has 1 atom stereocenters. The highest BCUT2D eigenvalue weighted by atomic mass is 32.2. The SMILES string of the molecule is CCOC(=O)C(Sc1nncn1C)/C(C)=N/NC(=O)Nc1ccccc1. The summed E-state index contributed by atoms with van der Waals surface area (Å²) in [5, 5.41) is 14.2. The maximum atomic E-state index is 12.2. The molecule has 0 spiro atoms. The van der Waals surface area contributed by atoms with E-state index in [-0.39, 0.29) is 6.61 Å². The fraction of sp³-hybridized carbons (Fsp3) is 0.312. The van der Waals surface area contributed by atoms with Crippen LogP contribution in [0, 0.1) is 0 Å². The molecule has 0 aliphatic rings. The van der Waals surface area contributed by atoms with E-state index in [0.717, 1.165) is 11.8 Å². The van der Waals surface area contributed by atoms with E-state index < -0.39 is 17.3 Å². The van der Waals surface area contributed by atoms with Crippen molar-refractivity contribution in [2.45, 2.75) is 24.3 Å². The van der Waals surface area contributed by atoms with Gasteiger partial charge in [-0.1, -0.05) is 30.0 Å². The fourth-order valence-corrected chi connectivity index (χ4v) is 2.79. The average Bonchev–Trinajstić information content (AvgIpc) is 3.03. The number of anilines is 1. The Kier molecular flexibility index (Phi) is 7.15. The Balaban J connectivity index is 2.05. The smallest absolute Gasteiger partial charge is 0.339 e. The molecule has 0 aliphatic heterocycles. The highest BCUT2D eigenvalue weighted by Gasteiger charge is 2.27. The average molecular weight is 376 g/mol. The number of hydrogen-bond donors (Lipinski definition) is 2. The quantitative estimate of drug-likeness (QED) is 0.331. The van der Waals surface area contributed by atoms with E-state index in [0.29, 0.717) is 16.6 Å². The van der Waals surface area contributed by atoms with E-state index in [1.165, 1.54) is 6.33 Å². The van der Waals surface area contributed by atoms with E-state index in [9.17, 15) is 9.59 Å². The van der Waals surface area contributed by atoms with Gasteiger partial charge in [0.15, 0.2) is 5.16 Å². The molecule has 9 nitrogen and oxygen atoms in total. The molecule has 0 saturated heterocycles. The predicted molar refractivity (Wildman–Crippen MR) is 99.0 cm³/mol. The Morgan fingerprint density at radius 3 is 2.69 bits per heavy atom. The zero-order chi connectivity index (χ0) is 18.9. The largest absolute Gasteiger partial charge is 0.465 e. The lowest BCUT2D eigenvalue weighted by molar-refractivity contribution is -0.141. The Morgan fingerprint density at radius 2 is 2.08 bits per heavy atom. The number of benzene rings is 1. The van der Waals surface area contributed by atoms with Crippen molar-refractivity contribution in [2.75, 3.05) is 11.9 Å². The number of nitrogens with one attached hydrogen (secondary N) is 2. The first-order valence-electron chi connectivity index (χ1n) is 7.84. The highest BCUT2D eigenvalue weighted by molar-refractivity contribution is 8.01. The van der Waals surface area contributed by atoms with Crippen LogP contribution in [-0.4, -0.2) is 44.3 Å². The van der Waals surface area contributed by atoms with Crippen molar-refractivity contribution < 1.29 is 14.3 Å². The topological polar surface area (TPSA) is 110 Å². The minimum absolute atomic E-state index is 0.240. The zero-order valence-electron chi connectivity index (χ0n) is 14.7. The molecule has 0 radical (unpaired) electrons. The summed E-state index contributed by atoms with van der Waals surface area (Å²) in [6, 6.07) is 8.45. The van der Waals surface area contributed by atoms with E-state index in [2.05, 4.69) is 26.0 Å². The first-order valence-corrected chi connectivity index (χ1v) is 8.72. The van der Waals surface area contributed by atoms with Crippen molar-refractivity contribution in [3.63, 3.8) is 0 Å². The minimum atomic E-state index is -0.755. The Morgan fingerprint density at radius 1 is 1.35 bits per heavy atom. The summed E-state index contributed by atoms with van der Waals surface area (Å²) in [5.74, 6) is -0.466. The van der Waals surface area contributed by atoms with Crippen molar-refractivity contribution in [1.82, 2.24) is 20.2 Å². The summed E-state index contributed by atoms with van der Waals surface area (Å²) in [4.78, 5) is 24.2. The molecule has 138 valence electrons. The Bertz CT molecular complexity index is 777. The second-order valence-corrected chi connectivity index (χ2v) is 6.23. The summed E-state index contributed by atoms with van der Waals surface area (Å²) in [5.41, 5.74) is 3.38. The van der Waals surface area contributed by atoms with Crippen LogP contribution >= 0.6 is 11.8 Å². The molecule has 0 fully saturated rings. The van der Waals surface area contributed by atoms with E-state index >= 15 is 0 Å². The number of esters is 1. The van der Waals surface area contributed by atoms with Gasteiger partial charge in [-0.25, -0.2) is 10.2 Å². The normalized spacial score (nSPS) is 12.3. The van der Waals surface area contributed by atoms with Crippen LogP contribution in [0.1, 0.15) is 13.8 Å². The zero-order valence-corrected chi connectivity index (χ0v) is 15.5. The molecule has 26 heavy (non-hydrogen) atoms. The molecular formula is C16H20N6O3S. The molecule has 0 bridgehead atoms. The molecule has 2 aromatic rings. The van der Waals surface area contributed by atoms with Crippen LogP contribution < -0.4 is 10.7 Å². The third kappa shape index (κ3) is 5.59. The molecule has 10 heteroatoms. The van der Waals surface area contributed by atoms with Crippen LogP contribution in [0.4, 0.5) is 10.5 Å². The lowest BCUT2D eigenvalue weighted by Crippen LogP contribution is -2.32. The van der Waals surface area contributed by atoms with Gasteiger partial charge in [-0.05, 0) is 26.0 Å². The minimum Gasteiger partial charge on any atom is -0.465 e. The molecule has 1 aromatic heterocycles. The lowest BCUT2D eigenvalue weighted by atomic mass is 10.3. The standard InChI is InChI=1S/C16H20N6O3S/c1-4-25-14(23)13(26-16-21-17-10-22(16)3)11(2)19-20-15(24)18-12-8-6-5-7-9-12/h5-10,13H,4H2,1-3H3,(H2,18,20,24)/b19-11+. The van der Waals surface area contributed by atoms with Gasteiger partial charge < -0.3 is 14.6 Å². The second kappa shape index (κ2) is 9.56. The van der Waals surface area contributed by atoms with Crippen LogP contribution in [0.25, 0.3) is 0 Å². The van der Waals surface area contributed by atoms with Crippen molar-refractivity contribution in [1.29, 1.82) is 0 Å². The molecule has 1 aromatic carbocycles. The van der Waals surface area contributed by atoms with Gasteiger partial charge in [0.05, 0.1) is 12.3 Å². The fourth-order valence-electron chi connectivity index (χ4n) is 1.88. The van der Waals surface area contributed by atoms with Crippen molar-refractivity contribution in [3.8, 4) is 0 Å². The summed E-state index contributed by atoms with van der Waals surface area (Å²) in [6.45, 7) is 3.59. The number of aromatic nitrogens is 3. The van der Waals surface area contributed by atoms with Crippen molar-refractivity contribution in [3.05, 3.63) is 36.7 Å². The number of carbonyl (C=O) groups is 2. The maximum Gasteiger partial charge on any atom is 0.339 e. The maximum absolute atomic E-state index is 12.2. The number of rotatable bonds is 7. The number of amides is 2. The number of thioether (sulfide) groups is 1. The lowest BCUT2D eigenvalue weighted by Gasteiger charge is -2.14. The van der Waals surface area contributed by atoms with Crippen LogP contribution in [-0.2, 0) is 16.6 Å². The van der Waals surface area contributed by atoms with E-state index in [1.54, 1.807) is 49.7 Å². The van der Waals surface area contributed by atoms with Crippen LogP contribution in [0.2, 0.25) is 0 Å². The summed E-state index contributed by atoms with van der Waals surface area (Å²) < 4.78 is 6.77. The summed E-state index contributed by atoms with van der Waals surface area (Å²) in [7, 11) is 1.77. The monoisotopic (exact) mass is 376 g/mol. The van der Waals surface area contributed by atoms with Crippen LogP contribution in [0.15, 0.2) is 46.9 Å². The van der Waals surface area contributed by atoms with Gasteiger partial charge in [0.25, 0.3) is 0 Å². The van der Waals surface area contributed by atoms with Gasteiger partial charge in [0.2, 0.25) is 0 Å². The molecular weight excluding hydrogens is 356 g/mol. The number of aryl methyl sites for hydroxylation is 1. The van der Waals surface area contributed by atoms with Crippen molar-refractivity contribution in [2.24, 2.45) is 12.1 Å². The summed E-state index contributed by atoms with van der Waals surface area (Å²) >= 11 is 1.15. The summed E-state index contributed by atoms with van der Waals surface area (Å²) in [6.07, 6.45) is 1.53. The Labute approximate surface area is 155 Å². The molecule has 2 amide bonds. The molecule has 1 unspecified atom stereocenters. The predicted octanol–water partition coefficient (Wildman–Crippen LogP) is 2.04. The van der Waals surface area contributed by atoms with Gasteiger partial charge in [-0.2, -0.15) is 5.10 Å². The highest BCUT2D eigenvalue weighted by Crippen LogP contribution is 2.22. The van der Waals surface area contributed by atoms with Gasteiger partial charge in [0, 0.05) is 12.7 Å². The molecule has 2 rings (SSSR count). The van der Waals surface area contributed by atoms with Crippen LogP contribution in [0.3, 0.4) is 0 Å². The van der Waals surface area contributed by atoms with E-state index in [1.807, 2.05) is 6.07 Å². The molecule has 0 saturated carbocycles. The Hall–Kier alpha value is -2.88. The second-order valence-electron chi connectivity index (χ2n) is 5.16. The molecule has 0 aliphatic carbocycles. The van der Waals surface area contributed by atoms with Crippen LogP contribution in [0.5, 0.6) is 0 Å². The molecule has 1 heterocycles. The van der Waals surface area contributed by atoms with Gasteiger partial charge >= 0.3 is 12.0 Å². The van der Waals surface area contributed by atoms with Gasteiger partial charge in [-0.3, -0.25) is 4.79 Å².